The fraction of sp³-hybridized carbons (Fsp3) is 0.240. The van der Waals surface area contributed by atoms with Crippen LogP contribution in [0.4, 0.5) is 5.82 Å². The maximum absolute atomic E-state index is 12.4. The van der Waals surface area contributed by atoms with Crippen molar-refractivity contribution in [3.05, 3.63) is 75.1 Å². The zero-order valence-corrected chi connectivity index (χ0v) is 20.8. The highest BCUT2D eigenvalue weighted by Gasteiger charge is 2.24. The van der Waals surface area contributed by atoms with Crippen LogP contribution < -0.4 is 15.9 Å². The number of nitrogens with zero attached hydrogens (tertiary/aromatic N) is 5. The number of nitrogens with two attached hydrogens (primary N) is 1. The van der Waals surface area contributed by atoms with Gasteiger partial charge in [0, 0.05) is 54.3 Å². The Morgan fingerprint density at radius 3 is 2.57 bits per heavy atom. The summed E-state index contributed by atoms with van der Waals surface area (Å²) in [7, 11) is 4.94. The molecule has 0 radical (unpaired) electrons. The summed E-state index contributed by atoms with van der Waals surface area (Å²) < 4.78 is 7.72. The highest BCUT2D eigenvalue weighted by molar-refractivity contribution is 6.32. The van der Waals surface area contributed by atoms with Crippen LogP contribution in [0.25, 0.3) is 22.2 Å². The van der Waals surface area contributed by atoms with E-state index in [1.807, 2.05) is 30.5 Å². The summed E-state index contributed by atoms with van der Waals surface area (Å²) in [5, 5.41) is 0.792. The molecule has 9 nitrogen and oxygen atoms in total. The molecule has 1 atom stereocenters. The second kappa shape index (κ2) is 9.34. The number of hydrogen-bond donors (Lipinski definition) is 1. The van der Waals surface area contributed by atoms with Gasteiger partial charge in [-0.1, -0.05) is 17.7 Å². The number of ether oxygens (including phenoxy) is 1. The Morgan fingerprint density at radius 2 is 1.94 bits per heavy atom. The van der Waals surface area contributed by atoms with Crippen molar-refractivity contribution < 1.29 is 9.53 Å². The summed E-state index contributed by atoms with van der Waals surface area (Å²) in [6, 6.07) is 6.45. The molecule has 0 aliphatic rings. The lowest BCUT2D eigenvalue weighted by atomic mass is 9.94. The van der Waals surface area contributed by atoms with Gasteiger partial charge < -0.3 is 19.9 Å². The van der Waals surface area contributed by atoms with Crippen molar-refractivity contribution in [3.63, 3.8) is 0 Å². The lowest BCUT2D eigenvalue weighted by Crippen LogP contribution is -2.22. The fourth-order valence-corrected chi connectivity index (χ4v) is 4.32. The van der Waals surface area contributed by atoms with E-state index >= 15 is 0 Å². The Hall–Kier alpha value is -3.98. The van der Waals surface area contributed by atoms with E-state index in [0.717, 1.165) is 22.3 Å². The van der Waals surface area contributed by atoms with Crippen molar-refractivity contribution in [1.29, 1.82) is 0 Å². The molecular formula is C25H25ClN6O3. The van der Waals surface area contributed by atoms with Crippen LogP contribution in [0.15, 0.2) is 47.8 Å². The molecule has 0 fully saturated rings. The van der Waals surface area contributed by atoms with Gasteiger partial charge in [-0.05, 0) is 31.5 Å². The second-order valence-electron chi connectivity index (χ2n) is 8.33. The number of carbonyl (C=O) groups excluding carboxylic acids is 1. The summed E-state index contributed by atoms with van der Waals surface area (Å²) in [5.74, 6) is 0.531. The fourth-order valence-electron chi connectivity index (χ4n) is 4.11. The highest BCUT2D eigenvalue weighted by atomic mass is 35.5. The molecule has 0 aliphatic heterocycles. The van der Waals surface area contributed by atoms with Crippen LogP contribution >= 0.6 is 11.6 Å². The summed E-state index contributed by atoms with van der Waals surface area (Å²) >= 11 is 6.68. The number of rotatable bonds is 5. The Labute approximate surface area is 207 Å². The summed E-state index contributed by atoms with van der Waals surface area (Å²) in [6.07, 6.45) is 4.63. The minimum Gasteiger partial charge on any atom is -0.496 e. The molecule has 4 aromatic rings. The maximum atomic E-state index is 12.4. The van der Waals surface area contributed by atoms with Crippen LogP contribution in [0, 0.1) is 6.92 Å². The zero-order chi connectivity index (χ0) is 25.4. The number of hydrogen-bond acceptors (Lipinski definition) is 7. The zero-order valence-electron chi connectivity index (χ0n) is 20.0. The third-order valence-corrected chi connectivity index (χ3v) is 6.38. The van der Waals surface area contributed by atoms with E-state index in [1.54, 1.807) is 39.7 Å². The quantitative estimate of drug-likeness (QED) is 0.451. The first-order valence-electron chi connectivity index (χ1n) is 10.8. The molecule has 1 aromatic carbocycles. The van der Waals surface area contributed by atoms with E-state index in [2.05, 4.69) is 15.0 Å². The Balaban J connectivity index is 1.91. The average molecular weight is 493 g/mol. The van der Waals surface area contributed by atoms with Crippen LogP contribution in [-0.2, 0) is 0 Å². The Bertz CT molecular complexity index is 1500. The Morgan fingerprint density at radius 1 is 1.20 bits per heavy atom. The average Bonchev–Trinajstić information content (AvgIpc) is 2.84. The molecule has 35 heavy (non-hydrogen) atoms. The molecule has 0 saturated carbocycles. The molecule has 0 aliphatic carbocycles. The van der Waals surface area contributed by atoms with Gasteiger partial charge in [0.05, 0.1) is 13.2 Å². The smallest absolute Gasteiger partial charge is 0.271 e. The third-order valence-electron chi connectivity index (χ3n) is 5.99. The molecule has 0 saturated heterocycles. The first-order chi connectivity index (χ1) is 16.6. The number of benzene rings is 1. The van der Waals surface area contributed by atoms with E-state index in [-0.39, 0.29) is 28.6 Å². The summed E-state index contributed by atoms with van der Waals surface area (Å²) in [4.78, 5) is 38.8. The third kappa shape index (κ3) is 4.19. The van der Waals surface area contributed by atoms with Crippen LogP contribution in [0.3, 0.4) is 0 Å². The second-order valence-corrected chi connectivity index (χ2v) is 8.74. The number of methoxy groups -OCH3 is 1. The number of fused-ring (bicyclic) bond motifs is 1. The molecule has 10 heteroatoms. The van der Waals surface area contributed by atoms with Gasteiger partial charge in [-0.3, -0.25) is 14.6 Å². The van der Waals surface area contributed by atoms with Gasteiger partial charge >= 0.3 is 0 Å². The number of nitrogen functional groups attached to an aromatic ring is 1. The van der Waals surface area contributed by atoms with E-state index in [0.29, 0.717) is 22.1 Å². The van der Waals surface area contributed by atoms with Crippen molar-refractivity contribution in [3.8, 4) is 16.9 Å². The van der Waals surface area contributed by atoms with Gasteiger partial charge in [-0.25, -0.2) is 9.97 Å². The first kappa shape index (κ1) is 24.2. The van der Waals surface area contributed by atoms with Crippen LogP contribution in [0.2, 0.25) is 5.02 Å². The molecule has 180 valence electrons. The topological polar surface area (TPSA) is 116 Å². The van der Waals surface area contributed by atoms with Crippen LogP contribution in [0.1, 0.15) is 34.6 Å². The standard InChI is InChI=1S/C25H25ClN6O3/c1-13-17(26)10-16(14(2)32-9-8-19(33)21-23(27)29-12-30-24(21)32)22(35-5)20(13)15-6-7-18(28-11-15)25(34)31(3)4/h6-12,14H,1-5H3,(H2,27,29,30)/t14-/m1/s1. The first-order valence-corrected chi connectivity index (χ1v) is 11.2. The molecule has 2 N–H and O–H groups in total. The molecular weight excluding hydrogens is 468 g/mol. The van der Waals surface area contributed by atoms with Crippen molar-refractivity contribution >= 4 is 34.4 Å². The van der Waals surface area contributed by atoms with E-state index in [9.17, 15) is 9.59 Å². The van der Waals surface area contributed by atoms with E-state index in [4.69, 9.17) is 22.1 Å². The van der Waals surface area contributed by atoms with Crippen molar-refractivity contribution in [2.75, 3.05) is 26.9 Å². The largest absolute Gasteiger partial charge is 0.496 e. The molecule has 1 amide bonds. The normalized spacial score (nSPS) is 11.9. The van der Waals surface area contributed by atoms with Crippen molar-refractivity contribution in [2.45, 2.75) is 19.9 Å². The Kier molecular flexibility index (Phi) is 6.45. The number of amides is 1. The molecule has 4 rings (SSSR count). The van der Waals surface area contributed by atoms with Crippen molar-refractivity contribution in [2.24, 2.45) is 0 Å². The predicted molar refractivity (Wildman–Crippen MR) is 136 cm³/mol. The number of halogens is 1. The van der Waals surface area contributed by atoms with Crippen molar-refractivity contribution in [1.82, 2.24) is 24.4 Å². The van der Waals surface area contributed by atoms with Gasteiger partial charge in [-0.2, -0.15) is 0 Å². The van der Waals surface area contributed by atoms with Gasteiger partial charge in [-0.15, -0.1) is 0 Å². The van der Waals surface area contributed by atoms with Crippen LogP contribution in [-0.4, -0.2) is 51.5 Å². The number of aromatic nitrogens is 4. The van der Waals surface area contributed by atoms with Gasteiger partial charge in [0.1, 0.15) is 34.6 Å². The minimum atomic E-state index is -0.332. The number of carbonyl (C=O) groups is 1. The molecule has 3 aromatic heterocycles. The minimum absolute atomic E-state index is 0.120. The number of pyridine rings is 2. The number of anilines is 1. The van der Waals surface area contributed by atoms with E-state index < -0.39 is 0 Å². The van der Waals surface area contributed by atoms with Gasteiger partial charge in [0.2, 0.25) is 0 Å². The lowest BCUT2D eigenvalue weighted by molar-refractivity contribution is 0.0822. The monoisotopic (exact) mass is 492 g/mol. The lowest BCUT2D eigenvalue weighted by Gasteiger charge is -2.24. The summed E-state index contributed by atoms with van der Waals surface area (Å²) in [6.45, 7) is 3.85. The molecule has 3 heterocycles. The van der Waals surface area contributed by atoms with Gasteiger partial charge in [0.25, 0.3) is 5.91 Å². The highest BCUT2D eigenvalue weighted by Crippen LogP contribution is 2.43. The van der Waals surface area contributed by atoms with E-state index in [1.165, 1.54) is 17.3 Å². The SMILES string of the molecule is COc1c([C@@H](C)n2ccc(=O)c3c(N)ncnc32)cc(Cl)c(C)c1-c1ccc(C(=O)N(C)C)nc1. The van der Waals surface area contributed by atoms with Gasteiger partial charge in [0.15, 0.2) is 5.43 Å². The molecule has 0 bridgehead atoms. The molecule has 0 unspecified atom stereocenters. The maximum Gasteiger partial charge on any atom is 0.271 e. The molecule has 0 spiro atoms. The predicted octanol–water partition coefficient (Wildman–Crippen LogP) is 3.72. The van der Waals surface area contributed by atoms with Crippen LogP contribution in [0.5, 0.6) is 5.75 Å². The summed E-state index contributed by atoms with van der Waals surface area (Å²) in [5.41, 5.74) is 9.56.